The first-order chi connectivity index (χ1) is 8.45. The van der Waals surface area contributed by atoms with Gasteiger partial charge in [0.05, 0.1) is 5.56 Å². The third kappa shape index (κ3) is 4.58. The summed E-state index contributed by atoms with van der Waals surface area (Å²) in [5.41, 5.74) is -0.645. The maximum atomic E-state index is 12.4. The molecule has 0 radical (unpaired) electrons. The summed E-state index contributed by atoms with van der Waals surface area (Å²) >= 11 is 0. The molecule has 0 saturated carbocycles. The summed E-state index contributed by atoms with van der Waals surface area (Å²) in [5, 5.41) is 3.30. The molecular weight excluding hydrogens is 279 g/mol. The Balaban J connectivity index is 0.00000180. The number of benzene rings is 1. The lowest BCUT2D eigenvalue weighted by molar-refractivity contribution is -0.137. The maximum absolute atomic E-state index is 12.4. The first-order valence-corrected chi connectivity index (χ1v) is 6.02. The van der Waals surface area contributed by atoms with Crippen LogP contribution in [0, 0.1) is 0 Å². The molecule has 2 rings (SSSR count). The highest BCUT2D eigenvalue weighted by molar-refractivity contribution is 5.85. The summed E-state index contributed by atoms with van der Waals surface area (Å²) in [7, 11) is 0. The molecule has 2 nitrogen and oxygen atoms in total. The molecule has 0 spiro atoms. The number of rotatable bonds is 2. The van der Waals surface area contributed by atoms with Crippen molar-refractivity contribution in [1.29, 1.82) is 0 Å². The zero-order valence-corrected chi connectivity index (χ0v) is 11.4. The maximum Gasteiger partial charge on any atom is 0.416 e. The van der Waals surface area contributed by atoms with Gasteiger partial charge in [-0.15, -0.1) is 12.4 Å². The van der Waals surface area contributed by atoms with Crippen molar-refractivity contribution in [1.82, 2.24) is 5.32 Å². The Bertz CT molecular complexity index is 394. The second-order valence-electron chi connectivity index (χ2n) is 4.64. The van der Waals surface area contributed by atoms with Crippen molar-refractivity contribution >= 4 is 12.4 Å². The van der Waals surface area contributed by atoms with Gasteiger partial charge in [-0.05, 0) is 50.6 Å². The fourth-order valence-electron chi connectivity index (χ4n) is 2.11. The SMILES string of the molecule is CC1CC(Oc2ccc(C(F)(F)F)cc2)CCN1.Cl. The quantitative estimate of drug-likeness (QED) is 0.899. The number of ether oxygens (including phenoxy) is 1. The van der Waals surface area contributed by atoms with E-state index in [0.717, 1.165) is 31.5 Å². The fourth-order valence-corrected chi connectivity index (χ4v) is 2.11. The molecule has 0 aromatic heterocycles. The van der Waals surface area contributed by atoms with Gasteiger partial charge in [-0.1, -0.05) is 0 Å². The van der Waals surface area contributed by atoms with Gasteiger partial charge in [0.25, 0.3) is 0 Å². The highest BCUT2D eigenvalue weighted by Gasteiger charge is 2.30. The van der Waals surface area contributed by atoms with Crippen molar-refractivity contribution in [2.75, 3.05) is 6.54 Å². The Morgan fingerprint density at radius 2 is 1.84 bits per heavy atom. The molecule has 2 atom stereocenters. The Kier molecular flexibility index (Phi) is 5.50. The highest BCUT2D eigenvalue weighted by atomic mass is 35.5. The molecule has 1 saturated heterocycles. The molecular formula is C13H17ClF3NO. The summed E-state index contributed by atoms with van der Waals surface area (Å²) in [6.07, 6.45) is -2.45. The monoisotopic (exact) mass is 295 g/mol. The van der Waals surface area contributed by atoms with E-state index in [4.69, 9.17) is 4.74 Å². The predicted octanol–water partition coefficient (Wildman–Crippen LogP) is 3.65. The Morgan fingerprint density at radius 1 is 1.21 bits per heavy atom. The molecule has 0 aliphatic carbocycles. The molecule has 2 unspecified atom stereocenters. The Hall–Kier alpha value is -0.940. The largest absolute Gasteiger partial charge is 0.490 e. The number of halogens is 4. The van der Waals surface area contributed by atoms with Crippen molar-refractivity contribution in [3.63, 3.8) is 0 Å². The van der Waals surface area contributed by atoms with Gasteiger partial charge in [-0.3, -0.25) is 0 Å². The number of alkyl halides is 3. The number of hydrogen-bond donors (Lipinski definition) is 1. The van der Waals surface area contributed by atoms with Crippen LogP contribution in [0.1, 0.15) is 25.3 Å². The van der Waals surface area contributed by atoms with Crippen molar-refractivity contribution < 1.29 is 17.9 Å². The topological polar surface area (TPSA) is 21.3 Å². The molecule has 19 heavy (non-hydrogen) atoms. The Labute approximate surface area is 116 Å². The second kappa shape index (κ2) is 6.48. The zero-order valence-electron chi connectivity index (χ0n) is 10.5. The van der Waals surface area contributed by atoms with Crippen LogP contribution in [0.15, 0.2) is 24.3 Å². The first-order valence-electron chi connectivity index (χ1n) is 6.02. The van der Waals surface area contributed by atoms with Crippen LogP contribution in [0.5, 0.6) is 5.75 Å². The van der Waals surface area contributed by atoms with E-state index >= 15 is 0 Å². The smallest absolute Gasteiger partial charge is 0.416 e. The van der Waals surface area contributed by atoms with E-state index in [-0.39, 0.29) is 18.5 Å². The minimum atomic E-state index is -4.29. The predicted molar refractivity (Wildman–Crippen MR) is 69.8 cm³/mol. The van der Waals surface area contributed by atoms with Gasteiger partial charge in [0.15, 0.2) is 0 Å². The van der Waals surface area contributed by atoms with E-state index in [1.54, 1.807) is 0 Å². The lowest BCUT2D eigenvalue weighted by Crippen LogP contribution is -2.40. The van der Waals surface area contributed by atoms with Crippen LogP contribution in [0.2, 0.25) is 0 Å². The van der Waals surface area contributed by atoms with Gasteiger partial charge < -0.3 is 10.1 Å². The molecule has 1 heterocycles. The van der Waals surface area contributed by atoms with Crippen LogP contribution in [0.4, 0.5) is 13.2 Å². The summed E-state index contributed by atoms with van der Waals surface area (Å²) in [6.45, 7) is 2.95. The van der Waals surface area contributed by atoms with Crippen LogP contribution in [-0.4, -0.2) is 18.7 Å². The Morgan fingerprint density at radius 3 is 2.37 bits per heavy atom. The van der Waals surface area contributed by atoms with Crippen LogP contribution < -0.4 is 10.1 Å². The molecule has 0 bridgehead atoms. The number of piperidine rings is 1. The van der Waals surface area contributed by atoms with Crippen molar-refractivity contribution in [3.8, 4) is 5.75 Å². The third-order valence-electron chi connectivity index (χ3n) is 3.06. The number of nitrogens with one attached hydrogen (secondary N) is 1. The zero-order chi connectivity index (χ0) is 13.2. The highest BCUT2D eigenvalue weighted by Crippen LogP contribution is 2.30. The molecule has 6 heteroatoms. The van der Waals surface area contributed by atoms with Crippen molar-refractivity contribution in [3.05, 3.63) is 29.8 Å². The molecule has 0 amide bonds. The molecule has 108 valence electrons. The van der Waals surface area contributed by atoms with Gasteiger partial charge >= 0.3 is 6.18 Å². The third-order valence-corrected chi connectivity index (χ3v) is 3.06. The summed E-state index contributed by atoms with van der Waals surface area (Å²) in [6, 6.07) is 5.27. The van der Waals surface area contributed by atoms with E-state index in [9.17, 15) is 13.2 Å². The fraction of sp³-hybridized carbons (Fsp3) is 0.538. The van der Waals surface area contributed by atoms with Crippen LogP contribution in [-0.2, 0) is 6.18 Å². The minimum absolute atomic E-state index is 0. The van der Waals surface area contributed by atoms with Crippen LogP contribution in [0.25, 0.3) is 0 Å². The molecule has 1 fully saturated rings. The number of hydrogen-bond acceptors (Lipinski definition) is 2. The average Bonchev–Trinajstić information content (AvgIpc) is 2.28. The first kappa shape index (κ1) is 16.1. The van der Waals surface area contributed by atoms with E-state index < -0.39 is 11.7 Å². The molecule has 1 aliphatic rings. The molecule has 1 N–H and O–H groups in total. The summed E-state index contributed by atoms with van der Waals surface area (Å²) < 4.78 is 42.8. The summed E-state index contributed by atoms with van der Waals surface area (Å²) in [5.74, 6) is 0.502. The van der Waals surface area contributed by atoms with Gasteiger partial charge in [0.1, 0.15) is 11.9 Å². The van der Waals surface area contributed by atoms with E-state index in [1.165, 1.54) is 12.1 Å². The van der Waals surface area contributed by atoms with Gasteiger partial charge in [0.2, 0.25) is 0 Å². The van der Waals surface area contributed by atoms with Gasteiger partial charge in [-0.25, -0.2) is 0 Å². The van der Waals surface area contributed by atoms with E-state index in [0.29, 0.717) is 11.8 Å². The normalized spacial score (nSPS) is 23.6. The second-order valence-corrected chi connectivity index (χ2v) is 4.64. The van der Waals surface area contributed by atoms with Crippen molar-refractivity contribution in [2.24, 2.45) is 0 Å². The van der Waals surface area contributed by atoms with E-state index in [2.05, 4.69) is 12.2 Å². The van der Waals surface area contributed by atoms with Gasteiger partial charge in [-0.2, -0.15) is 13.2 Å². The van der Waals surface area contributed by atoms with Crippen LogP contribution >= 0.6 is 12.4 Å². The average molecular weight is 296 g/mol. The lowest BCUT2D eigenvalue weighted by atomic mass is 10.0. The van der Waals surface area contributed by atoms with Crippen molar-refractivity contribution in [2.45, 2.75) is 38.1 Å². The lowest BCUT2D eigenvalue weighted by Gasteiger charge is -2.28. The molecule has 1 aliphatic heterocycles. The van der Waals surface area contributed by atoms with Gasteiger partial charge in [0, 0.05) is 6.04 Å². The summed E-state index contributed by atoms with van der Waals surface area (Å²) in [4.78, 5) is 0. The molecule has 1 aromatic rings. The minimum Gasteiger partial charge on any atom is -0.490 e. The van der Waals surface area contributed by atoms with E-state index in [1.807, 2.05) is 0 Å². The van der Waals surface area contributed by atoms with Crippen LogP contribution in [0.3, 0.4) is 0 Å². The standard InChI is InChI=1S/C13H16F3NO.ClH/c1-9-8-12(6-7-17-9)18-11-4-2-10(3-5-11)13(14,15)16;/h2-5,9,12,17H,6-8H2,1H3;1H. The molecule has 1 aromatic carbocycles.